The van der Waals surface area contributed by atoms with E-state index < -0.39 is 8.80 Å². The summed E-state index contributed by atoms with van der Waals surface area (Å²) in [5, 5.41) is 10.5. The lowest BCUT2D eigenvalue weighted by molar-refractivity contribution is 0.123. The molecule has 24 heavy (non-hydrogen) atoms. The quantitative estimate of drug-likeness (QED) is 0.697. The Kier molecular flexibility index (Phi) is 6.83. The molecule has 2 rings (SSSR count). The number of aromatic hydroxyl groups is 1. The molecule has 0 heterocycles. The Balaban J connectivity index is 2.18. The molecule has 4 nitrogen and oxygen atoms in total. The first kappa shape index (κ1) is 19.0. The predicted molar refractivity (Wildman–Crippen MR) is 98.5 cm³/mol. The molecule has 130 valence electrons. The molecule has 0 aliphatic rings. The third-order valence-corrected chi connectivity index (χ3v) is 7.19. The summed E-state index contributed by atoms with van der Waals surface area (Å²) >= 11 is 5.97. The second-order valence-corrected chi connectivity index (χ2v) is 9.02. The molecule has 0 radical (unpaired) electrons. The fourth-order valence-corrected chi connectivity index (χ4v) is 4.60. The molecule has 0 spiro atoms. The molecule has 0 aliphatic carbocycles. The van der Waals surface area contributed by atoms with Gasteiger partial charge in [0.2, 0.25) is 0 Å². The number of halogens is 1. The van der Waals surface area contributed by atoms with E-state index in [2.05, 4.69) is 0 Å². The summed E-state index contributed by atoms with van der Waals surface area (Å²) < 4.78 is 16.4. The van der Waals surface area contributed by atoms with Crippen molar-refractivity contribution >= 4 is 20.4 Å². The molecule has 0 aromatic heterocycles. The molecule has 0 aliphatic heterocycles. The van der Waals surface area contributed by atoms with Gasteiger partial charge in [0.05, 0.1) is 0 Å². The third kappa shape index (κ3) is 4.59. The van der Waals surface area contributed by atoms with Crippen molar-refractivity contribution in [1.29, 1.82) is 0 Å². The average molecular weight is 367 g/mol. The van der Waals surface area contributed by atoms with Crippen LogP contribution < -0.4 is 0 Å². The number of hydrogen-bond acceptors (Lipinski definition) is 4. The van der Waals surface area contributed by atoms with E-state index in [9.17, 15) is 5.11 Å². The van der Waals surface area contributed by atoms with Gasteiger partial charge >= 0.3 is 8.80 Å². The lowest BCUT2D eigenvalue weighted by atomic mass is 9.96. The first-order valence-electron chi connectivity index (χ1n) is 7.77. The lowest BCUT2D eigenvalue weighted by Gasteiger charge is -2.24. The van der Waals surface area contributed by atoms with E-state index in [4.69, 9.17) is 24.9 Å². The van der Waals surface area contributed by atoms with Crippen LogP contribution >= 0.6 is 11.6 Å². The molecular weight excluding hydrogens is 344 g/mol. The third-order valence-electron chi connectivity index (χ3n) is 4.11. The molecule has 1 N–H and O–H groups in total. The van der Waals surface area contributed by atoms with Crippen LogP contribution in [0.25, 0.3) is 11.1 Å². The van der Waals surface area contributed by atoms with Crippen molar-refractivity contribution in [2.45, 2.75) is 18.9 Å². The van der Waals surface area contributed by atoms with Crippen LogP contribution in [0.4, 0.5) is 0 Å². The highest BCUT2D eigenvalue weighted by Crippen LogP contribution is 2.30. The molecule has 0 fully saturated rings. The second-order valence-electron chi connectivity index (χ2n) is 5.50. The summed E-state index contributed by atoms with van der Waals surface area (Å²) in [6, 6.07) is 13.9. The second kappa shape index (κ2) is 8.64. The number of phenolic OH excluding ortho intramolecular Hbond substituents is 1. The zero-order chi connectivity index (χ0) is 17.6. The van der Waals surface area contributed by atoms with Gasteiger partial charge < -0.3 is 18.4 Å². The normalized spacial score (nSPS) is 11.7. The van der Waals surface area contributed by atoms with Crippen LogP contribution in [0, 0.1) is 0 Å². The number of phenols is 1. The predicted octanol–water partition coefficient (Wildman–Crippen LogP) is 4.52. The molecule has 0 amide bonds. The molecule has 0 saturated carbocycles. The van der Waals surface area contributed by atoms with E-state index in [0.29, 0.717) is 11.1 Å². The van der Waals surface area contributed by atoms with Gasteiger partial charge in [-0.3, -0.25) is 0 Å². The number of rotatable bonds is 8. The summed E-state index contributed by atoms with van der Waals surface area (Å²) in [7, 11) is 2.28. The van der Waals surface area contributed by atoms with Crippen LogP contribution in [0.1, 0.15) is 12.0 Å². The van der Waals surface area contributed by atoms with Gasteiger partial charge in [-0.1, -0.05) is 29.8 Å². The fourth-order valence-electron chi connectivity index (χ4n) is 2.75. The van der Waals surface area contributed by atoms with Gasteiger partial charge in [-0.2, -0.15) is 0 Å². The Morgan fingerprint density at radius 1 is 0.958 bits per heavy atom. The maximum absolute atomic E-state index is 9.84. The number of hydrogen-bond donors (Lipinski definition) is 1. The van der Waals surface area contributed by atoms with Crippen LogP contribution in [0.5, 0.6) is 5.75 Å². The first-order chi connectivity index (χ1) is 11.5. The molecule has 0 atom stereocenters. The summed E-state index contributed by atoms with van der Waals surface area (Å²) in [5.74, 6) is 0.261. The standard InChI is InChI=1S/C18H23ClO4Si/c1-21-24(22-2,23-3)12-4-5-15-13-17(20)10-11-18(15)14-6-8-16(19)9-7-14/h6-11,13,20H,4-5,12H2,1-3H3. The fraction of sp³-hybridized carbons (Fsp3) is 0.333. The zero-order valence-corrected chi connectivity index (χ0v) is 16.0. The van der Waals surface area contributed by atoms with Crippen LogP contribution in [0.3, 0.4) is 0 Å². The first-order valence-corrected chi connectivity index (χ1v) is 10.1. The Bertz CT molecular complexity index is 648. The van der Waals surface area contributed by atoms with Crippen molar-refractivity contribution in [3.8, 4) is 16.9 Å². The highest BCUT2D eigenvalue weighted by atomic mass is 35.5. The van der Waals surface area contributed by atoms with E-state index in [-0.39, 0.29) is 5.75 Å². The Labute approximate surface area is 149 Å². The summed E-state index contributed by atoms with van der Waals surface area (Å²) in [6.07, 6.45) is 1.63. The van der Waals surface area contributed by atoms with Gasteiger partial charge in [0.25, 0.3) is 0 Å². The van der Waals surface area contributed by atoms with E-state index in [1.807, 2.05) is 30.3 Å². The van der Waals surface area contributed by atoms with Crippen LogP contribution in [0.15, 0.2) is 42.5 Å². The van der Waals surface area contributed by atoms with E-state index in [1.165, 1.54) is 0 Å². The minimum absolute atomic E-state index is 0.261. The Morgan fingerprint density at radius 2 is 1.58 bits per heavy atom. The molecule has 6 heteroatoms. The molecule has 2 aromatic rings. The molecule has 0 saturated heterocycles. The lowest BCUT2D eigenvalue weighted by Crippen LogP contribution is -2.42. The molecule has 0 bridgehead atoms. The maximum Gasteiger partial charge on any atom is 0.500 e. The maximum atomic E-state index is 9.84. The minimum Gasteiger partial charge on any atom is -0.508 e. The topological polar surface area (TPSA) is 47.9 Å². The van der Waals surface area contributed by atoms with Gasteiger partial charge in [0.1, 0.15) is 5.75 Å². The average Bonchev–Trinajstić information content (AvgIpc) is 2.60. The monoisotopic (exact) mass is 366 g/mol. The SMILES string of the molecule is CO[Si](CCCc1cc(O)ccc1-c1ccc(Cl)cc1)(OC)OC. The van der Waals surface area contributed by atoms with Crippen molar-refractivity contribution in [2.75, 3.05) is 21.3 Å². The van der Waals surface area contributed by atoms with Crippen LogP contribution in [-0.2, 0) is 19.7 Å². The Hall–Kier alpha value is -1.37. The smallest absolute Gasteiger partial charge is 0.500 e. The van der Waals surface area contributed by atoms with Crippen molar-refractivity contribution in [3.05, 3.63) is 53.1 Å². The molecule has 0 unspecified atom stereocenters. The van der Waals surface area contributed by atoms with Gasteiger partial charge in [0.15, 0.2) is 0 Å². The van der Waals surface area contributed by atoms with Gasteiger partial charge in [-0.15, -0.1) is 0 Å². The largest absolute Gasteiger partial charge is 0.508 e. The van der Waals surface area contributed by atoms with E-state index >= 15 is 0 Å². The van der Waals surface area contributed by atoms with E-state index in [1.54, 1.807) is 33.5 Å². The zero-order valence-electron chi connectivity index (χ0n) is 14.2. The summed E-state index contributed by atoms with van der Waals surface area (Å²) in [4.78, 5) is 0. The minimum atomic E-state index is -2.57. The summed E-state index contributed by atoms with van der Waals surface area (Å²) in [5.41, 5.74) is 3.23. The highest BCUT2D eigenvalue weighted by Gasteiger charge is 2.36. The number of benzene rings is 2. The van der Waals surface area contributed by atoms with Crippen molar-refractivity contribution < 1.29 is 18.4 Å². The highest BCUT2D eigenvalue weighted by molar-refractivity contribution is 6.60. The Morgan fingerprint density at radius 3 is 2.17 bits per heavy atom. The molecular formula is C18H23ClO4Si. The van der Waals surface area contributed by atoms with Crippen LogP contribution in [-0.4, -0.2) is 35.2 Å². The molecule has 2 aromatic carbocycles. The number of aryl methyl sites for hydroxylation is 1. The van der Waals surface area contributed by atoms with Crippen molar-refractivity contribution in [2.24, 2.45) is 0 Å². The van der Waals surface area contributed by atoms with E-state index in [0.717, 1.165) is 29.5 Å². The van der Waals surface area contributed by atoms with Crippen LogP contribution in [0.2, 0.25) is 11.1 Å². The van der Waals surface area contributed by atoms with Gasteiger partial charge in [-0.05, 0) is 53.8 Å². The van der Waals surface area contributed by atoms with Crippen molar-refractivity contribution in [3.63, 3.8) is 0 Å². The summed E-state index contributed by atoms with van der Waals surface area (Å²) in [6.45, 7) is 0. The van der Waals surface area contributed by atoms with Crippen molar-refractivity contribution in [1.82, 2.24) is 0 Å². The van der Waals surface area contributed by atoms with Gasteiger partial charge in [0, 0.05) is 32.4 Å². The van der Waals surface area contributed by atoms with Gasteiger partial charge in [-0.25, -0.2) is 0 Å².